The topological polar surface area (TPSA) is 86.6 Å². The Hall–Kier alpha value is -2.02. The molecular formula is C19H26N4O3. The molecule has 0 spiro atoms. The molecule has 2 amide bonds. The fraction of sp³-hybridized carbons (Fsp3) is 0.684. The van der Waals surface area contributed by atoms with Crippen molar-refractivity contribution in [1.82, 2.24) is 19.8 Å². The zero-order chi connectivity index (χ0) is 18.1. The van der Waals surface area contributed by atoms with Crippen LogP contribution in [-0.4, -0.2) is 69.0 Å². The van der Waals surface area contributed by atoms with Crippen LogP contribution in [0, 0.1) is 5.92 Å². The van der Waals surface area contributed by atoms with Crippen LogP contribution >= 0.6 is 0 Å². The molecule has 1 aromatic rings. The van der Waals surface area contributed by atoms with Crippen LogP contribution in [0.3, 0.4) is 0 Å². The van der Waals surface area contributed by atoms with Crippen molar-refractivity contribution >= 4 is 11.8 Å². The number of carbonyl (C=O) groups is 2. The van der Waals surface area contributed by atoms with E-state index in [-0.39, 0.29) is 24.5 Å². The highest BCUT2D eigenvalue weighted by atomic mass is 16.3. The van der Waals surface area contributed by atoms with E-state index in [4.69, 9.17) is 5.11 Å². The molecule has 2 atom stereocenters. The minimum Gasteiger partial charge on any atom is -0.396 e. The van der Waals surface area contributed by atoms with Crippen LogP contribution < -0.4 is 0 Å². The van der Waals surface area contributed by atoms with Crippen molar-refractivity contribution in [2.45, 2.75) is 50.5 Å². The van der Waals surface area contributed by atoms with Gasteiger partial charge in [0.25, 0.3) is 5.91 Å². The van der Waals surface area contributed by atoms with E-state index in [1.165, 1.54) is 0 Å². The standard InChI is InChI=1S/C19H26N4O3/c24-9-1-7-23-16-6-8-22(12-14(16)4-5-17(23)25)19(26)15-10-20-18(21-11-15)13-2-3-13/h10-11,13-14,16,24H,1-9,12H2/t14-,16+/m0/s1. The lowest BCUT2D eigenvalue weighted by atomic mass is 9.83. The van der Waals surface area contributed by atoms with Crippen molar-refractivity contribution in [3.8, 4) is 0 Å². The Morgan fingerprint density at radius 3 is 2.65 bits per heavy atom. The predicted molar refractivity (Wildman–Crippen MR) is 94.5 cm³/mol. The lowest BCUT2D eigenvalue weighted by molar-refractivity contribution is -0.140. The Morgan fingerprint density at radius 1 is 1.19 bits per heavy atom. The van der Waals surface area contributed by atoms with Gasteiger partial charge in [0, 0.05) is 57.0 Å². The third-order valence-electron chi connectivity index (χ3n) is 5.85. The summed E-state index contributed by atoms with van der Waals surface area (Å²) in [4.78, 5) is 37.6. The first-order valence-corrected chi connectivity index (χ1v) is 9.69. The molecule has 7 heteroatoms. The Balaban J connectivity index is 1.40. The number of amides is 2. The molecule has 2 aliphatic heterocycles. The van der Waals surface area contributed by atoms with Crippen molar-refractivity contribution < 1.29 is 14.7 Å². The fourth-order valence-corrected chi connectivity index (χ4v) is 4.25. The first-order valence-electron chi connectivity index (χ1n) is 9.69. The SMILES string of the molecule is O=C(c1cnc(C2CC2)nc1)N1CC[C@@H]2[C@@H](CCC(=O)N2CCCO)C1. The minimum absolute atomic E-state index is 0.00962. The number of aromatic nitrogens is 2. The van der Waals surface area contributed by atoms with Crippen molar-refractivity contribution in [1.29, 1.82) is 0 Å². The summed E-state index contributed by atoms with van der Waals surface area (Å²) < 4.78 is 0. The molecule has 3 fully saturated rings. The Labute approximate surface area is 153 Å². The first-order chi connectivity index (χ1) is 12.7. The van der Waals surface area contributed by atoms with Crippen LogP contribution in [0.15, 0.2) is 12.4 Å². The van der Waals surface area contributed by atoms with Crippen molar-refractivity contribution in [3.05, 3.63) is 23.8 Å². The molecular weight excluding hydrogens is 332 g/mol. The second-order valence-electron chi connectivity index (χ2n) is 7.67. The third kappa shape index (κ3) is 3.45. The van der Waals surface area contributed by atoms with Gasteiger partial charge in [0.05, 0.1) is 5.56 Å². The quantitative estimate of drug-likeness (QED) is 0.854. The van der Waals surface area contributed by atoms with Gasteiger partial charge in [0.15, 0.2) is 0 Å². The highest BCUT2D eigenvalue weighted by Gasteiger charge is 2.40. The number of likely N-dealkylation sites (tertiary alicyclic amines) is 2. The van der Waals surface area contributed by atoms with Crippen molar-refractivity contribution in [3.63, 3.8) is 0 Å². The van der Waals surface area contributed by atoms with E-state index in [2.05, 4.69) is 9.97 Å². The van der Waals surface area contributed by atoms with Crippen LogP contribution in [0.1, 0.15) is 60.6 Å². The number of piperidine rings is 2. The number of carbonyl (C=O) groups excluding carboxylic acids is 2. The molecule has 7 nitrogen and oxygen atoms in total. The summed E-state index contributed by atoms with van der Waals surface area (Å²) in [6.07, 6.45) is 8.40. The molecule has 1 saturated carbocycles. The molecule has 0 bridgehead atoms. The Bertz CT molecular complexity index is 674. The highest BCUT2D eigenvalue weighted by Crippen LogP contribution is 2.37. The summed E-state index contributed by atoms with van der Waals surface area (Å²) in [7, 11) is 0. The zero-order valence-corrected chi connectivity index (χ0v) is 15.0. The third-order valence-corrected chi connectivity index (χ3v) is 5.85. The van der Waals surface area contributed by atoms with Crippen LogP contribution in [0.4, 0.5) is 0 Å². The summed E-state index contributed by atoms with van der Waals surface area (Å²) in [6.45, 7) is 2.04. The molecule has 2 saturated heterocycles. The second-order valence-corrected chi connectivity index (χ2v) is 7.67. The smallest absolute Gasteiger partial charge is 0.257 e. The number of fused-ring (bicyclic) bond motifs is 1. The molecule has 1 aromatic heterocycles. The van der Waals surface area contributed by atoms with E-state index >= 15 is 0 Å². The van der Waals surface area contributed by atoms with E-state index in [0.717, 1.165) is 31.5 Å². The molecule has 26 heavy (non-hydrogen) atoms. The number of aliphatic hydroxyl groups is 1. The van der Waals surface area contributed by atoms with Gasteiger partial charge in [-0.1, -0.05) is 0 Å². The first kappa shape index (κ1) is 17.4. The summed E-state index contributed by atoms with van der Waals surface area (Å²) >= 11 is 0. The normalized spacial score (nSPS) is 26.0. The Kier molecular flexibility index (Phi) is 4.89. The molecule has 0 aromatic carbocycles. The summed E-state index contributed by atoms with van der Waals surface area (Å²) in [5, 5.41) is 9.08. The van der Waals surface area contributed by atoms with Crippen LogP contribution in [-0.2, 0) is 4.79 Å². The molecule has 0 radical (unpaired) electrons. The molecule has 0 unspecified atom stereocenters. The summed E-state index contributed by atoms with van der Waals surface area (Å²) in [5.74, 6) is 1.83. The maximum absolute atomic E-state index is 12.8. The van der Waals surface area contributed by atoms with Gasteiger partial charge >= 0.3 is 0 Å². The Morgan fingerprint density at radius 2 is 1.96 bits per heavy atom. The summed E-state index contributed by atoms with van der Waals surface area (Å²) in [6, 6.07) is 0.195. The average Bonchev–Trinajstić information content (AvgIpc) is 3.52. The maximum atomic E-state index is 12.8. The van der Waals surface area contributed by atoms with Crippen LogP contribution in [0.5, 0.6) is 0 Å². The molecule has 1 aliphatic carbocycles. The molecule has 1 N–H and O–H groups in total. The lowest BCUT2D eigenvalue weighted by Gasteiger charge is -2.47. The number of rotatable bonds is 5. The van der Waals surface area contributed by atoms with Crippen molar-refractivity contribution in [2.75, 3.05) is 26.2 Å². The lowest BCUT2D eigenvalue weighted by Crippen LogP contribution is -2.57. The highest BCUT2D eigenvalue weighted by molar-refractivity contribution is 5.93. The average molecular weight is 358 g/mol. The largest absolute Gasteiger partial charge is 0.396 e. The molecule has 3 heterocycles. The van der Waals surface area contributed by atoms with Gasteiger partial charge in [0.1, 0.15) is 5.82 Å². The van der Waals surface area contributed by atoms with Gasteiger partial charge in [-0.3, -0.25) is 9.59 Å². The monoisotopic (exact) mass is 358 g/mol. The number of nitrogens with zero attached hydrogens (tertiary/aromatic N) is 4. The van der Waals surface area contributed by atoms with Crippen LogP contribution in [0.25, 0.3) is 0 Å². The summed E-state index contributed by atoms with van der Waals surface area (Å²) in [5.41, 5.74) is 0.553. The van der Waals surface area contributed by atoms with Gasteiger partial charge in [-0.15, -0.1) is 0 Å². The molecule has 4 rings (SSSR count). The van der Waals surface area contributed by atoms with Gasteiger partial charge in [-0.05, 0) is 38.0 Å². The number of aliphatic hydroxyl groups excluding tert-OH is 1. The van der Waals surface area contributed by atoms with E-state index in [1.807, 2.05) is 9.80 Å². The minimum atomic E-state index is -0.00962. The zero-order valence-electron chi connectivity index (χ0n) is 15.0. The van der Waals surface area contributed by atoms with Gasteiger partial charge in [-0.25, -0.2) is 9.97 Å². The fourth-order valence-electron chi connectivity index (χ4n) is 4.25. The predicted octanol–water partition coefficient (Wildman–Crippen LogP) is 1.19. The van der Waals surface area contributed by atoms with E-state index in [9.17, 15) is 9.59 Å². The van der Waals surface area contributed by atoms with E-state index in [1.54, 1.807) is 12.4 Å². The van der Waals surface area contributed by atoms with Gasteiger partial charge in [0.2, 0.25) is 5.91 Å². The number of hydrogen-bond donors (Lipinski definition) is 1. The van der Waals surface area contributed by atoms with Crippen LogP contribution in [0.2, 0.25) is 0 Å². The number of hydrogen-bond acceptors (Lipinski definition) is 5. The molecule has 3 aliphatic rings. The van der Waals surface area contributed by atoms with Gasteiger partial charge in [-0.2, -0.15) is 0 Å². The second kappa shape index (κ2) is 7.31. The van der Waals surface area contributed by atoms with E-state index in [0.29, 0.717) is 49.9 Å². The maximum Gasteiger partial charge on any atom is 0.257 e. The van der Waals surface area contributed by atoms with Gasteiger partial charge < -0.3 is 14.9 Å². The molecule has 140 valence electrons. The van der Waals surface area contributed by atoms with E-state index < -0.39 is 0 Å². The van der Waals surface area contributed by atoms with Crippen molar-refractivity contribution in [2.24, 2.45) is 5.92 Å².